The van der Waals surface area contributed by atoms with Gasteiger partial charge >= 0.3 is 5.97 Å². The number of hydrogen-bond acceptors (Lipinski definition) is 2. The van der Waals surface area contributed by atoms with Gasteiger partial charge in [-0.3, -0.25) is 9.59 Å². The second-order valence-electron chi connectivity index (χ2n) is 4.24. The van der Waals surface area contributed by atoms with Gasteiger partial charge in [-0.2, -0.15) is 0 Å². The van der Waals surface area contributed by atoms with Crippen molar-refractivity contribution < 1.29 is 14.7 Å². The molecule has 0 aromatic rings. The molecule has 0 radical (unpaired) electrons. The standard InChI is InChI=1S/C11H18O3/c1-8(7-10(12)13)11(14)9-5-3-2-4-6-9/h8-9H,2-7H2,1H3,(H,12,13). The molecule has 14 heavy (non-hydrogen) atoms. The molecular weight excluding hydrogens is 180 g/mol. The molecule has 1 aliphatic rings. The van der Waals surface area contributed by atoms with E-state index in [1.165, 1.54) is 6.42 Å². The third kappa shape index (κ3) is 3.13. The summed E-state index contributed by atoms with van der Waals surface area (Å²) >= 11 is 0. The van der Waals surface area contributed by atoms with Gasteiger partial charge in [0.2, 0.25) is 0 Å². The number of ketones is 1. The highest BCUT2D eigenvalue weighted by atomic mass is 16.4. The van der Waals surface area contributed by atoms with Crippen LogP contribution in [-0.4, -0.2) is 16.9 Å². The molecule has 0 aromatic carbocycles. The van der Waals surface area contributed by atoms with Crippen molar-refractivity contribution in [3.8, 4) is 0 Å². The van der Waals surface area contributed by atoms with Gasteiger partial charge in [0.05, 0.1) is 6.42 Å². The molecule has 1 saturated carbocycles. The van der Waals surface area contributed by atoms with Crippen molar-refractivity contribution in [1.82, 2.24) is 0 Å². The lowest BCUT2D eigenvalue weighted by molar-refractivity contribution is -0.141. The number of rotatable bonds is 4. The smallest absolute Gasteiger partial charge is 0.304 e. The van der Waals surface area contributed by atoms with E-state index in [1.807, 2.05) is 0 Å². The minimum atomic E-state index is -0.873. The van der Waals surface area contributed by atoms with Gasteiger partial charge in [-0.15, -0.1) is 0 Å². The van der Waals surface area contributed by atoms with E-state index in [-0.39, 0.29) is 24.0 Å². The second-order valence-corrected chi connectivity index (χ2v) is 4.24. The Hall–Kier alpha value is -0.860. The maximum atomic E-state index is 11.8. The molecule has 80 valence electrons. The largest absolute Gasteiger partial charge is 0.481 e. The van der Waals surface area contributed by atoms with Crippen molar-refractivity contribution in [2.45, 2.75) is 45.4 Å². The average Bonchev–Trinajstić information content (AvgIpc) is 2.17. The molecule has 0 bridgehead atoms. The van der Waals surface area contributed by atoms with Gasteiger partial charge in [0, 0.05) is 11.8 Å². The normalized spacial score (nSPS) is 20.4. The summed E-state index contributed by atoms with van der Waals surface area (Å²) in [6.07, 6.45) is 5.37. The molecule has 3 nitrogen and oxygen atoms in total. The van der Waals surface area contributed by atoms with Gasteiger partial charge in [0.15, 0.2) is 0 Å². The lowest BCUT2D eigenvalue weighted by atomic mass is 9.81. The molecular formula is C11H18O3. The van der Waals surface area contributed by atoms with Crippen LogP contribution in [0.5, 0.6) is 0 Å². The first-order valence-corrected chi connectivity index (χ1v) is 5.36. The van der Waals surface area contributed by atoms with E-state index >= 15 is 0 Å². The molecule has 1 fully saturated rings. The van der Waals surface area contributed by atoms with Crippen LogP contribution >= 0.6 is 0 Å². The fourth-order valence-corrected chi connectivity index (χ4v) is 2.15. The summed E-state index contributed by atoms with van der Waals surface area (Å²) in [5.74, 6) is -0.887. The highest BCUT2D eigenvalue weighted by molar-refractivity contribution is 5.86. The highest BCUT2D eigenvalue weighted by Gasteiger charge is 2.26. The third-order valence-electron chi connectivity index (χ3n) is 2.97. The van der Waals surface area contributed by atoms with Crippen LogP contribution in [0.4, 0.5) is 0 Å². The quantitative estimate of drug-likeness (QED) is 0.753. The van der Waals surface area contributed by atoms with Crippen molar-refractivity contribution in [1.29, 1.82) is 0 Å². The van der Waals surface area contributed by atoms with E-state index in [1.54, 1.807) is 6.92 Å². The minimum absolute atomic E-state index is 0.0185. The summed E-state index contributed by atoms with van der Waals surface area (Å²) in [6, 6.07) is 0. The lowest BCUT2D eigenvalue weighted by Crippen LogP contribution is -2.25. The molecule has 1 rings (SSSR count). The van der Waals surface area contributed by atoms with Crippen molar-refractivity contribution in [2.75, 3.05) is 0 Å². The zero-order valence-corrected chi connectivity index (χ0v) is 8.66. The van der Waals surface area contributed by atoms with Gasteiger partial charge < -0.3 is 5.11 Å². The predicted octanol–water partition coefficient (Wildman–Crippen LogP) is 2.25. The number of carbonyl (C=O) groups is 2. The Morgan fingerprint density at radius 2 is 1.86 bits per heavy atom. The first-order chi connectivity index (χ1) is 6.61. The maximum Gasteiger partial charge on any atom is 0.304 e. The summed E-state index contributed by atoms with van der Waals surface area (Å²) < 4.78 is 0. The van der Waals surface area contributed by atoms with Crippen LogP contribution in [0, 0.1) is 11.8 Å². The second kappa shape index (κ2) is 5.13. The van der Waals surface area contributed by atoms with Gasteiger partial charge in [-0.1, -0.05) is 26.2 Å². The predicted molar refractivity (Wildman–Crippen MR) is 53.0 cm³/mol. The van der Waals surface area contributed by atoms with Crippen LogP contribution in [0.25, 0.3) is 0 Å². The van der Waals surface area contributed by atoms with Crippen LogP contribution < -0.4 is 0 Å². The summed E-state index contributed by atoms with van der Waals surface area (Å²) in [4.78, 5) is 22.2. The molecule has 0 heterocycles. The SMILES string of the molecule is CC(CC(=O)O)C(=O)C1CCCCC1. The van der Waals surface area contributed by atoms with E-state index in [0.29, 0.717) is 0 Å². The molecule has 1 unspecified atom stereocenters. The molecule has 1 atom stereocenters. The fourth-order valence-electron chi connectivity index (χ4n) is 2.15. The molecule has 1 aliphatic carbocycles. The van der Waals surface area contributed by atoms with Crippen molar-refractivity contribution in [3.63, 3.8) is 0 Å². The summed E-state index contributed by atoms with van der Waals surface area (Å²) in [7, 11) is 0. The fraction of sp³-hybridized carbons (Fsp3) is 0.818. The number of carbonyl (C=O) groups excluding carboxylic acids is 1. The number of Topliss-reactive ketones (excluding diaryl/α,β-unsaturated/α-hetero) is 1. The Bertz CT molecular complexity index is 217. The third-order valence-corrected chi connectivity index (χ3v) is 2.97. The zero-order valence-electron chi connectivity index (χ0n) is 8.66. The summed E-state index contributed by atoms with van der Waals surface area (Å²) in [5.41, 5.74) is 0. The van der Waals surface area contributed by atoms with Gasteiger partial charge in [0.1, 0.15) is 5.78 Å². The molecule has 0 aliphatic heterocycles. The Labute approximate surface area is 84.5 Å². The highest BCUT2D eigenvalue weighted by Crippen LogP contribution is 2.27. The van der Waals surface area contributed by atoms with Gasteiger partial charge in [0.25, 0.3) is 0 Å². The molecule has 0 aromatic heterocycles. The van der Waals surface area contributed by atoms with Crippen molar-refractivity contribution in [2.24, 2.45) is 11.8 Å². The molecule has 0 amide bonds. The van der Waals surface area contributed by atoms with Crippen LogP contribution in [0.3, 0.4) is 0 Å². The molecule has 0 spiro atoms. The Kier molecular flexibility index (Phi) is 4.11. The Morgan fingerprint density at radius 3 is 2.36 bits per heavy atom. The van der Waals surface area contributed by atoms with Gasteiger partial charge in [-0.05, 0) is 12.8 Å². The van der Waals surface area contributed by atoms with Crippen molar-refractivity contribution >= 4 is 11.8 Å². The molecule has 1 N–H and O–H groups in total. The Morgan fingerprint density at radius 1 is 1.29 bits per heavy atom. The van der Waals surface area contributed by atoms with Crippen LogP contribution in [0.15, 0.2) is 0 Å². The van der Waals surface area contributed by atoms with Crippen LogP contribution in [0.2, 0.25) is 0 Å². The average molecular weight is 198 g/mol. The van der Waals surface area contributed by atoms with E-state index in [9.17, 15) is 9.59 Å². The van der Waals surface area contributed by atoms with E-state index in [0.717, 1.165) is 25.7 Å². The first-order valence-electron chi connectivity index (χ1n) is 5.36. The molecule has 3 heteroatoms. The monoisotopic (exact) mass is 198 g/mol. The minimum Gasteiger partial charge on any atom is -0.481 e. The van der Waals surface area contributed by atoms with E-state index in [2.05, 4.69) is 0 Å². The summed E-state index contributed by atoms with van der Waals surface area (Å²) in [6.45, 7) is 1.73. The number of hydrogen-bond donors (Lipinski definition) is 1. The number of aliphatic carboxylic acids is 1. The Balaban J connectivity index is 2.42. The first kappa shape index (κ1) is 11.2. The van der Waals surface area contributed by atoms with Gasteiger partial charge in [-0.25, -0.2) is 0 Å². The van der Waals surface area contributed by atoms with Crippen LogP contribution in [-0.2, 0) is 9.59 Å². The number of carboxylic acids is 1. The van der Waals surface area contributed by atoms with E-state index < -0.39 is 5.97 Å². The topological polar surface area (TPSA) is 54.4 Å². The lowest BCUT2D eigenvalue weighted by Gasteiger charge is -2.22. The van der Waals surface area contributed by atoms with E-state index in [4.69, 9.17) is 5.11 Å². The van der Waals surface area contributed by atoms with Crippen LogP contribution in [0.1, 0.15) is 45.4 Å². The zero-order chi connectivity index (χ0) is 10.6. The number of carboxylic acid groups (broad SMARTS) is 1. The van der Waals surface area contributed by atoms with Crippen molar-refractivity contribution in [3.05, 3.63) is 0 Å². The maximum absolute atomic E-state index is 11.8. The molecule has 0 saturated heterocycles. The summed E-state index contributed by atoms with van der Waals surface area (Å²) in [5, 5.41) is 8.58.